The summed E-state index contributed by atoms with van der Waals surface area (Å²) in [6.07, 6.45) is 4.17. The summed E-state index contributed by atoms with van der Waals surface area (Å²) in [6, 6.07) is 9.74. The first kappa shape index (κ1) is 15.4. The zero-order valence-corrected chi connectivity index (χ0v) is 12.5. The van der Waals surface area contributed by atoms with E-state index in [9.17, 15) is 9.59 Å². The summed E-state index contributed by atoms with van der Waals surface area (Å²) in [4.78, 5) is 26.7. The molecule has 0 bridgehead atoms. The van der Waals surface area contributed by atoms with Crippen molar-refractivity contribution < 1.29 is 14.7 Å². The average Bonchev–Trinajstić information content (AvgIpc) is 3.17. The molecule has 0 fully saturated rings. The van der Waals surface area contributed by atoms with E-state index in [0.29, 0.717) is 6.54 Å². The number of carbonyl (C=O) groups is 2. The summed E-state index contributed by atoms with van der Waals surface area (Å²) in [6.45, 7) is 0.234. The van der Waals surface area contributed by atoms with Crippen LogP contribution in [0.2, 0.25) is 0 Å². The summed E-state index contributed by atoms with van der Waals surface area (Å²) in [7, 11) is 0. The second-order valence-electron chi connectivity index (χ2n) is 5.03. The first-order valence-electron chi connectivity index (χ1n) is 7.09. The van der Waals surface area contributed by atoms with Gasteiger partial charge in [-0.3, -0.25) is 19.6 Å². The molecule has 3 rings (SSSR count). The normalized spacial score (nSPS) is 10.5. The van der Waals surface area contributed by atoms with Crippen LogP contribution in [0.15, 0.2) is 49.1 Å². The Bertz CT molecular complexity index is 855. The largest absolute Gasteiger partial charge is 0.480 e. The van der Waals surface area contributed by atoms with Crippen molar-refractivity contribution in [2.24, 2.45) is 0 Å². The predicted octanol–water partition coefficient (Wildman–Crippen LogP) is 0.860. The Kier molecular flexibility index (Phi) is 4.32. The standard InChI is InChI=1S/C15H14N6O3/c22-13(23)9-20-8-12(6-17-20)14(24)18-15-16-10-21(19-15)7-11-4-2-1-3-5-11/h1-6,8,10H,7,9H2,(H,22,23)(H,18,19,24). The van der Waals surface area contributed by atoms with E-state index in [-0.39, 0.29) is 18.1 Å². The van der Waals surface area contributed by atoms with Crippen molar-refractivity contribution in [3.05, 3.63) is 60.2 Å². The van der Waals surface area contributed by atoms with Crippen LogP contribution in [-0.4, -0.2) is 41.5 Å². The molecule has 0 unspecified atom stereocenters. The Hall–Kier alpha value is -3.49. The van der Waals surface area contributed by atoms with Gasteiger partial charge in [0.2, 0.25) is 5.95 Å². The maximum absolute atomic E-state index is 12.1. The molecule has 0 aliphatic rings. The zero-order chi connectivity index (χ0) is 16.9. The van der Waals surface area contributed by atoms with Gasteiger partial charge in [-0.05, 0) is 5.56 Å². The molecule has 0 saturated carbocycles. The topological polar surface area (TPSA) is 115 Å². The highest BCUT2D eigenvalue weighted by Gasteiger charge is 2.12. The maximum atomic E-state index is 12.1. The molecule has 3 aromatic rings. The Labute approximate surface area is 136 Å². The number of nitrogens with zero attached hydrogens (tertiary/aromatic N) is 5. The number of carboxylic acid groups (broad SMARTS) is 1. The molecule has 2 aromatic heterocycles. The summed E-state index contributed by atoms with van der Waals surface area (Å²) in [5.41, 5.74) is 1.30. The molecule has 0 spiro atoms. The number of aliphatic carboxylic acids is 1. The summed E-state index contributed by atoms with van der Waals surface area (Å²) >= 11 is 0. The van der Waals surface area contributed by atoms with Gasteiger partial charge in [0.1, 0.15) is 12.9 Å². The van der Waals surface area contributed by atoms with Gasteiger partial charge in [-0.15, -0.1) is 5.10 Å². The lowest BCUT2D eigenvalue weighted by atomic mass is 10.2. The molecule has 0 atom stereocenters. The fraction of sp³-hybridized carbons (Fsp3) is 0.133. The highest BCUT2D eigenvalue weighted by Crippen LogP contribution is 2.06. The highest BCUT2D eigenvalue weighted by molar-refractivity contribution is 6.02. The highest BCUT2D eigenvalue weighted by atomic mass is 16.4. The number of anilines is 1. The van der Waals surface area contributed by atoms with Gasteiger partial charge in [0.25, 0.3) is 5.91 Å². The molecule has 1 amide bonds. The van der Waals surface area contributed by atoms with Gasteiger partial charge in [-0.25, -0.2) is 9.67 Å². The van der Waals surface area contributed by atoms with Crippen LogP contribution in [0.5, 0.6) is 0 Å². The van der Waals surface area contributed by atoms with Gasteiger partial charge >= 0.3 is 5.97 Å². The first-order chi connectivity index (χ1) is 11.6. The van der Waals surface area contributed by atoms with Crippen LogP contribution in [0.3, 0.4) is 0 Å². The van der Waals surface area contributed by atoms with Gasteiger partial charge < -0.3 is 5.11 Å². The first-order valence-corrected chi connectivity index (χ1v) is 7.09. The van der Waals surface area contributed by atoms with Gasteiger partial charge in [-0.2, -0.15) is 5.10 Å². The lowest BCUT2D eigenvalue weighted by Crippen LogP contribution is -2.13. The van der Waals surface area contributed by atoms with Crippen LogP contribution in [0.4, 0.5) is 5.95 Å². The van der Waals surface area contributed by atoms with E-state index in [1.807, 2.05) is 30.3 Å². The van der Waals surface area contributed by atoms with Crippen LogP contribution >= 0.6 is 0 Å². The number of amides is 1. The number of aromatic nitrogens is 5. The molecule has 0 radical (unpaired) electrons. The van der Waals surface area contributed by atoms with Crippen LogP contribution < -0.4 is 5.32 Å². The van der Waals surface area contributed by atoms with E-state index < -0.39 is 11.9 Å². The van der Waals surface area contributed by atoms with E-state index in [0.717, 1.165) is 5.56 Å². The van der Waals surface area contributed by atoms with E-state index in [2.05, 4.69) is 20.5 Å². The Balaban J connectivity index is 1.62. The van der Waals surface area contributed by atoms with Gasteiger partial charge in [0.05, 0.1) is 18.3 Å². The second-order valence-corrected chi connectivity index (χ2v) is 5.03. The van der Waals surface area contributed by atoms with Crippen molar-refractivity contribution in [2.45, 2.75) is 13.1 Å². The number of nitrogens with one attached hydrogen (secondary N) is 1. The molecular weight excluding hydrogens is 312 g/mol. The number of hydrogen-bond donors (Lipinski definition) is 2. The minimum Gasteiger partial charge on any atom is -0.480 e. The number of benzene rings is 1. The smallest absolute Gasteiger partial charge is 0.325 e. The monoisotopic (exact) mass is 326 g/mol. The lowest BCUT2D eigenvalue weighted by Gasteiger charge is -2.00. The molecule has 122 valence electrons. The minimum atomic E-state index is -1.04. The minimum absolute atomic E-state index is 0.168. The van der Waals surface area contributed by atoms with E-state index >= 15 is 0 Å². The third-order valence-corrected chi connectivity index (χ3v) is 3.14. The third kappa shape index (κ3) is 3.83. The molecule has 2 heterocycles. The third-order valence-electron chi connectivity index (χ3n) is 3.14. The van der Waals surface area contributed by atoms with Crippen molar-refractivity contribution in [2.75, 3.05) is 5.32 Å². The molecule has 9 nitrogen and oxygen atoms in total. The summed E-state index contributed by atoms with van der Waals surface area (Å²) in [5, 5.41) is 19.2. The van der Waals surface area contributed by atoms with Crippen molar-refractivity contribution in [3.63, 3.8) is 0 Å². The molecule has 1 aromatic carbocycles. The average molecular weight is 326 g/mol. The summed E-state index contributed by atoms with van der Waals surface area (Å²) < 4.78 is 2.78. The van der Waals surface area contributed by atoms with Crippen molar-refractivity contribution in [3.8, 4) is 0 Å². The lowest BCUT2D eigenvalue weighted by molar-refractivity contribution is -0.137. The van der Waals surface area contributed by atoms with Gasteiger partial charge in [0, 0.05) is 6.20 Å². The van der Waals surface area contributed by atoms with Crippen LogP contribution in [0.25, 0.3) is 0 Å². The molecule has 0 saturated heterocycles. The molecule has 9 heteroatoms. The molecule has 24 heavy (non-hydrogen) atoms. The number of carbonyl (C=O) groups excluding carboxylic acids is 1. The zero-order valence-electron chi connectivity index (χ0n) is 12.5. The van der Waals surface area contributed by atoms with Gasteiger partial charge in [-0.1, -0.05) is 30.3 Å². The second kappa shape index (κ2) is 6.73. The number of hydrogen-bond acceptors (Lipinski definition) is 5. The Morgan fingerprint density at radius 1 is 1.17 bits per heavy atom. The molecular formula is C15H14N6O3. The van der Waals surface area contributed by atoms with E-state index in [1.165, 1.54) is 23.4 Å². The molecule has 2 N–H and O–H groups in total. The Morgan fingerprint density at radius 2 is 1.96 bits per heavy atom. The quantitative estimate of drug-likeness (QED) is 0.694. The predicted molar refractivity (Wildman–Crippen MR) is 83.4 cm³/mol. The van der Waals surface area contributed by atoms with Crippen molar-refractivity contribution in [1.82, 2.24) is 24.5 Å². The van der Waals surface area contributed by atoms with Crippen LogP contribution in [0, 0.1) is 0 Å². The fourth-order valence-corrected chi connectivity index (χ4v) is 2.08. The number of carboxylic acids is 1. The SMILES string of the molecule is O=C(O)Cn1cc(C(=O)Nc2ncn(Cc3ccccc3)n2)cn1. The molecule has 0 aliphatic carbocycles. The maximum Gasteiger partial charge on any atom is 0.325 e. The van der Waals surface area contributed by atoms with Crippen molar-refractivity contribution in [1.29, 1.82) is 0 Å². The van der Waals surface area contributed by atoms with Gasteiger partial charge in [0.15, 0.2) is 0 Å². The van der Waals surface area contributed by atoms with Crippen LogP contribution in [-0.2, 0) is 17.9 Å². The van der Waals surface area contributed by atoms with Crippen molar-refractivity contribution >= 4 is 17.8 Å². The number of rotatable bonds is 6. The van der Waals surface area contributed by atoms with E-state index in [1.54, 1.807) is 4.68 Å². The molecule has 0 aliphatic heterocycles. The summed E-state index contributed by atoms with van der Waals surface area (Å²) in [5.74, 6) is -1.32. The van der Waals surface area contributed by atoms with E-state index in [4.69, 9.17) is 5.11 Å². The Morgan fingerprint density at radius 3 is 2.71 bits per heavy atom. The fourth-order valence-electron chi connectivity index (χ4n) is 2.08. The van der Waals surface area contributed by atoms with Crippen LogP contribution in [0.1, 0.15) is 15.9 Å².